The maximum Gasteiger partial charge on any atom is 0.275 e. The van der Waals surface area contributed by atoms with Gasteiger partial charge in [0.25, 0.3) is 11.8 Å². The Morgan fingerprint density at radius 3 is 2.29 bits per heavy atom. The van der Waals surface area contributed by atoms with E-state index in [1.807, 2.05) is 12.1 Å². The van der Waals surface area contributed by atoms with Gasteiger partial charge in [0.15, 0.2) is 0 Å². The molecule has 9 nitrogen and oxygen atoms in total. The van der Waals surface area contributed by atoms with Gasteiger partial charge in [-0.05, 0) is 104 Å². The summed E-state index contributed by atoms with van der Waals surface area (Å²) in [6.07, 6.45) is 7.67. The first kappa shape index (κ1) is 33.1. The van der Waals surface area contributed by atoms with Crippen LogP contribution in [0.5, 0.6) is 0 Å². The van der Waals surface area contributed by atoms with Crippen molar-refractivity contribution in [3.8, 4) is 0 Å². The normalized spacial score (nSPS) is 23.6. The quantitative estimate of drug-likeness (QED) is 0.104. The van der Waals surface area contributed by atoms with E-state index < -0.39 is 5.66 Å². The third kappa shape index (κ3) is 7.41. The van der Waals surface area contributed by atoms with E-state index in [2.05, 4.69) is 48.2 Å². The Morgan fingerprint density at radius 2 is 1.73 bits per heavy atom. The number of benzene rings is 2. The molecule has 2 aromatic rings. The number of amidine groups is 1. The number of hydrogen-bond donors (Lipinski definition) is 3. The molecule has 11 heteroatoms. The number of hydrogen-bond acceptors (Lipinski definition) is 5. The second kappa shape index (κ2) is 12.8. The number of carbonyl (C=O) groups excluding carboxylic acids is 2. The number of nitrogens with zero attached hydrogens (tertiary/aromatic N) is 4. The molecule has 1 heterocycles. The van der Waals surface area contributed by atoms with Crippen molar-refractivity contribution in [3.63, 3.8) is 0 Å². The van der Waals surface area contributed by atoms with E-state index in [4.69, 9.17) is 39.5 Å². The monoisotopic (exact) mass is 651 g/mol. The Bertz CT molecular complexity index is 1500. The molecule has 1 atom stereocenters. The lowest BCUT2D eigenvalue weighted by Gasteiger charge is -2.47. The first-order valence-corrected chi connectivity index (χ1v) is 16.5. The Morgan fingerprint density at radius 1 is 1.11 bits per heavy atom. The summed E-state index contributed by atoms with van der Waals surface area (Å²) in [5.74, 6) is 0.157. The molecular weight excluding hydrogens is 609 g/mol. The molecule has 2 amide bonds. The third-order valence-electron chi connectivity index (χ3n) is 9.94. The van der Waals surface area contributed by atoms with E-state index >= 15 is 0 Å². The molecule has 0 bridgehead atoms. The molecule has 240 valence electrons. The van der Waals surface area contributed by atoms with Gasteiger partial charge in [-0.25, -0.2) is 0 Å². The van der Waals surface area contributed by atoms with Crippen LogP contribution in [0.3, 0.4) is 0 Å². The summed E-state index contributed by atoms with van der Waals surface area (Å²) < 4.78 is 0. The second-order valence-corrected chi connectivity index (χ2v) is 15.2. The van der Waals surface area contributed by atoms with E-state index in [9.17, 15) is 9.59 Å². The molecule has 2 saturated carbocycles. The second-order valence-electron chi connectivity index (χ2n) is 14.3. The predicted molar refractivity (Wildman–Crippen MR) is 179 cm³/mol. The zero-order valence-corrected chi connectivity index (χ0v) is 28.0. The number of nitrogens with two attached hydrogens (primary N) is 1. The van der Waals surface area contributed by atoms with Crippen molar-refractivity contribution in [1.82, 2.24) is 10.2 Å². The summed E-state index contributed by atoms with van der Waals surface area (Å²) in [5.41, 5.74) is 14.7. The highest BCUT2D eigenvalue weighted by Gasteiger charge is 2.53. The molecule has 45 heavy (non-hydrogen) atoms. The van der Waals surface area contributed by atoms with Crippen LogP contribution < -0.4 is 11.1 Å². The first-order valence-electron chi connectivity index (χ1n) is 15.7. The molecule has 0 saturated heterocycles. The minimum atomic E-state index is -0.673. The summed E-state index contributed by atoms with van der Waals surface area (Å²) >= 11 is 12.8. The average Bonchev–Trinajstić information content (AvgIpc) is 3.66. The summed E-state index contributed by atoms with van der Waals surface area (Å²) in [4.78, 5) is 34.8. The molecule has 2 fully saturated rings. The van der Waals surface area contributed by atoms with Crippen molar-refractivity contribution >= 4 is 46.6 Å². The summed E-state index contributed by atoms with van der Waals surface area (Å²) in [7, 11) is 0. The molecule has 2 aliphatic carbocycles. The van der Waals surface area contributed by atoms with E-state index in [1.165, 1.54) is 12.8 Å². The van der Waals surface area contributed by atoms with Crippen LogP contribution in [0.4, 0.5) is 0 Å². The lowest BCUT2D eigenvalue weighted by atomic mass is 9.69. The number of halogens is 2. The first-order chi connectivity index (χ1) is 21.2. The predicted octanol–water partition coefficient (Wildman–Crippen LogP) is 7.91. The minimum absolute atomic E-state index is 0.0157. The van der Waals surface area contributed by atoms with Crippen molar-refractivity contribution in [2.45, 2.75) is 90.8 Å². The van der Waals surface area contributed by atoms with E-state index in [0.29, 0.717) is 32.8 Å². The molecule has 5 rings (SSSR count). The minimum Gasteiger partial charge on any atom is -0.384 e. The van der Waals surface area contributed by atoms with Crippen LogP contribution in [0.15, 0.2) is 57.8 Å². The molecular formula is C34H43Cl2N7O2. The van der Waals surface area contributed by atoms with Crippen LogP contribution in [0, 0.1) is 22.3 Å². The fourth-order valence-corrected chi connectivity index (χ4v) is 7.37. The van der Waals surface area contributed by atoms with Crippen LogP contribution >= 0.6 is 23.2 Å². The van der Waals surface area contributed by atoms with E-state index in [-0.39, 0.29) is 41.1 Å². The van der Waals surface area contributed by atoms with Crippen LogP contribution in [0.1, 0.15) is 107 Å². The molecule has 1 aliphatic heterocycles. The molecule has 0 unspecified atom stereocenters. The van der Waals surface area contributed by atoms with Crippen molar-refractivity contribution in [2.75, 3.05) is 6.54 Å². The Kier molecular flexibility index (Phi) is 9.43. The van der Waals surface area contributed by atoms with E-state index in [1.54, 1.807) is 30.3 Å². The summed E-state index contributed by atoms with van der Waals surface area (Å²) in [6, 6.07) is 12.4. The van der Waals surface area contributed by atoms with Gasteiger partial charge in [-0.2, -0.15) is 5.53 Å². The van der Waals surface area contributed by atoms with Gasteiger partial charge in [0.2, 0.25) is 0 Å². The van der Waals surface area contributed by atoms with Crippen LogP contribution in [0.2, 0.25) is 10.0 Å². The zero-order valence-electron chi connectivity index (χ0n) is 26.5. The van der Waals surface area contributed by atoms with Crippen molar-refractivity contribution < 1.29 is 9.59 Å². The summed E-state index contributed by atoms with van der Waals surface area (Å²) in [5, 5.41) is 9.95. The molecule has 3 aliphatic rings. The number of aliphatic imine (C=N–C) groups is 1. The maximum atomic E-state index is 14.6. The average molecular weight is 653 g/mol. The van der Waals surface area contributed by atoms with Crippen LogP contribution in [0.25, 0.3) is 0 Å². The van der Waals surface area contributed by atoms with Gasteiger partial charge in [-0.3, -0.25) is 14.6 Å². The topological polar surface area (TPSA) is 136 Å². The smallest absolute Gasteiger partial charge is 0.275 e. The molecule has 0 radical (unpaired) electrons. The number of rotatable bonds is 10. The fraction of sp³-hybridized carbons (Fsp3) is 0.529. The largest absolute Gasteiger partial charge is 0.384 e. The molecule has 2 aromatic carbocycles. The Hall–Kier alpha value is -3.30. The number of carbonyl (C=O) groups is 2. The highest BCUT2D eigenvalue weighted by atomic mass is 35.5. The molecule has 0 aromatic heterocycles. The fourth-order valence-electron chi connectivity index (χ4n) is 6.84. The molecule has 1 spiro atoms. The van der Waals surface area contributed by atoms with Crippen molar-refractivity contribution in [2.24, 2.45) is 37.8 Å². The highest BCUT2D eigenvalue weighted by Crippen LogP contribution is 2.53. The molecule has 4 N–H and O–H groups in total. The van der Waals surface area contributed by atoms with Gasteiger partial charge in [-0.15, -0.1) is 5.10 Å². The van der Waals surface area contributed by atoms with Gasteiger partial charge in [0.1, 0.15) is 17.2 Å². The standard InChI is InChI=1S/C34H43Cl2N7O2/c1-32(2,3)24-9-13-34(14-10-24)40-29(23-17-25(35)19-26(36)18-23)31(45)43(34)27(11-12-33(4)15-16-33)21-5-7-22(8-6-21)30(44)39-20-28(37)41-42-38/h5-8,17-19,24,27H,9-16,20H2,1-4H3,(H,39,44)(H3,37,38,41)/t24?,27-,34?/m1/s1. The van der Waals surface area contributed by atoms with Crippen molar-refractivity contribution in [1.29, 1.82) is 5.53 Å². The zero-order chi connectivity index (χ0) is 32.6. The van der Waals surface area contributed by atoms with Gasteiger partial charge in [0, 0.05) is 21.2 Å². The Labute approximate surface area is 275 Å². The number of nitrogens with one attached hydrogen (secondary N) is 2. The maximum absolute atomic E-state index is 14.6. The Balaban J connectivity index is 1.51. The lowest BCUT2D eigenvalue weighted by Crippen LogP contribution is -2.51. The van der Waals surface area contributed by atoms with Gasteiger partial charge >= 0.3 is 0 Å². The van der Waals surface area contributed by atoms with Crippen LogP contribution in [-0.2, 0) is 4.79 Å². The van der Waals surface area contributed by atoms with Gasteiger partial charge in [-0.1, -0.05) is 68.3 Å². The SMILES string of the molecule is CC1(CC[C@H](c2ccc(C(=O)NC/C(N)=N/N=N)cc2)N2C(=O)C(c3cc(Cl)cc(Cl)c3)=NC23CCC(C(C)(C)C)CC3)CC1. The highest BCUT2D eigenvalue weighted by molar-refractivity contribution is 6.47. The number of amides is 2. The van der Waals surface area contributed by atoms with E-state index in [0.717, 1.165) is 44.1 Å². The van der Waals surface area contributed by atoms with Crippen molar-refractivity contribution in [3.05, 3.63) is 69.2 Å². The van der Waals surface area contributed by atoms with Gasteiger partial charge in [0.05, 0.1) is 12.6 Å². The lowest BCUT2D eigenvalue weighted by molar-refractivity contribution is -0.134. The van der Waals surface area contributed by atoms with Gasteiger partial charge < -0.3 is 16.0 Å². The third-order valence-corrected chi connectivity index (χ3v) is 10.4. The van der Waals surface area contributed by atoms with Crippen LogP contribution in [-0.4, -0.2) is 40.5 Å². The summed E-state index contributed by atoms with van der Waals surface area (Å²) in [6.45, 7) is 9.17.